The first-order chi connectivity index (χ1) is 13.0. The van der Waals surface area contributed by atoms with Crippen molar-refractivity contribution < 1.29 is 14.3 Å². The highest BCUT2D eigenvalue weighted by Crippen LogP contribution is 2.23. The monoisotopic (exact) mass is 387 g/mol. The van der Waals surface area contributed by atoms with Crippen LogP contribution in [0.4, 0.5) is 10.5 Å². The third-order valence-corrected chi connectivity index (χ3v) is 4.86. The van der Waals surface area contributed by atoms with Crippen molar-refractivity contribution in [2.45, 2.75) is 26.4 Å². The van der Waals surface area contributed by atoms with Crippen LogP contribution in [0.25, 0.3) is 0 Å². The average Bonchev–Trinajstić information content (AvgIpc) is 2.69. The lowest BCUT2D eigenvalue weighted by Gasteiger charge is -2.30. The Morgan fingerprint density at radius 1 is 1.19 bits per heavy atom. The second-order valence-corrected chi connectivity index (χ2v) is 6.94. The van der Waals surface area contributed by atoms with Crippen LogP contribution in [0.15, 0.2) is 42.5 Å². The van der Waals surface area contributed by atoms with E-state index in [1.807, 2.05) is 37.3 Å². The Hall–Kier alpha value is -2.60. The van der Waals surface area contributed by atoms with Crippen LogP contribution in [0, 0.1) is 12.8 Å². The van der Waals surface area contributed by atoms with E-state index in [0.29, 0.717) is 31.6 Å². The Kier molecular flexibility index (Phi) is 6.29. The smallest absolute Gasteiger partial charge is 0.410 e. The molecule has 1 saturated heterocycles. The van der Waals surface area contributed by atoms with E-state index < -0.39 is 0 Å². The van der Waals surface area contributed by atoms with Gasteiger partial charge in [-0.25, -0.2) is 9.78 Å². The number of hydrogen-bond donors (Lipinski definition) is 1. The van der Waals surface area contributed by atoms with Crippen molar-refractivity contribution >= 4 is 29.3 Å². The van der Waals surface area contributed by atoms with E-state index in [1.165, 1.54) is 0 Å². The zero-order chi connectivity index (χ0) is 19.2. The van der Waals surface area contributed by atoms with Crippen molar-refractivity contribution in [2.24, 2.45) is 5.92 Å². The van der Waals surface area contributed by atoms with Crippen molar-refractivity contribution in [1.82, 2.24) is 9.88 Å². The van der Waals surface area contributed by atoms with Gasteiger partial charge in [-0.2, -0.15) is 0 Å². The fourth-order valence-corrected chi connectivity index (χ4v) is 3.23. The van der Waals surface area contributed by atoms with Crippen molar-refractivity contribution in [1.29, 1.82) is 0 Å². The van der Waals surface area contributed by atoms with Gasteiger partial charge < -0.3 is 15.0 Å². The molecule has 0 saturated carbocycles. The van der Waals surface area contributed by atoms with Crippen LogP contribution in [-0.4, -0.2) is 35.0 Å². The fraction of sp³-hybridized carbons (Fsp3) is 0.350. The van der Waals surface area contributed by atoms with E-state index in [4.69, 9.17) is 16.3 Å². The molecule has 2 amide bonds. The first-order valence-corrected chi connectivity index (χ1v) is 9.30. The van der Waals surface area contributed by atoms with E-state index in [2.05, 4.69) is 10.3 Å². The van der Waals surface area contributed by atoms with Crippen LogP contribution >= 0.6 is 11.6 Å². The molecular weight excluding hydrogens is 366 g/mol. The molecule has 1 N–H and O–H groups in total. The van der Waals surface area contributed by atoms with Crippen LogP contribution in [-0.2, 0) is 16.1 Å². The van der Waals surface area contributed by atoms with Crippen LogP contribution < -0.4 is 5.32 Å². The standard InChI is InChI=1S/C20H22ClN3O3/c1-14-7-8-17(18(21)22-14)23-19(25)16-9-11-24(12-10-16)20(26)27-13-15-5-3-2-4-6-15/h2-8,16H,9-13H2,1H3,(H,23,25). The number of halogens is 1. The van der Waals surface area contributed by atoms with Crippen molar-refractivity contribution in [3.8, 4) is 0 Å². The minimum absolute atomic E-state index is 0.0974. The van der Waals surface area contributed by atoms with Gasteiger partial charge in [-0.05, 0) is 37.5 Å². The van der Waals surface area contributed by atoms with E-state index >= 15 is 0 Å². The number of amides is 2. The molecule has 27 heavy (non-hydrogen) atoms. The molecule has 6 nitrogen and oxygen atoms in total. The molecule has 0 atom stereocenters. The van der Waals surface area contributed by atoms with Gasteiger partial charge in [-0.1, -0.05) is 41.9 Å². The molecule has 1 aliphatic heterocycles. The van der Waals surface area contributed by atoms with Crippen LogP contribution in [0.2, 0.25) is 5.15 Å². The number of aromatic nitrogens is 1. The maximum atomic E-state index is 12.5. The Morgan fingerprint density at radius 2 is 1.89 bits per heavy atom. The molecule has 1 aromatic carbocycles. The van der Waals surface area contributed by atoms with Gasteiger partial charge in [0, 0.05) is 24.7 Å². The summed E-state index contributed by atoms with van der Waals surface area (Å²) in [7, 11) is 0. The summed E-state index contributed by atoms with van der Waals surface area (Å²) < 4.78 is 5.35. The predicted molar refractivity (Wildman–Crippen MR) is 104 cm³/mol. The minimum Gasteiger partial charge on any atom is -0.445 e. The van der Waals surface area contributed by atoms with Gasteiger partial charge in [0.2, 0.25) is 5.91 Å². The van der Waals surface area contributed by atoms with Gasteiger partial charge in [-0.3, -0.25) is 4.79 Å². The van der Waals surface area contributed by atoms with E-state index in [-0.39, 0.29) is 29.7 Å². The minimum atomic E-state index is -0.344. The average molecular weight is 388 g/mol. The molecular formula is C20H22ClN3O3. The van der Waals surface area contributed by atoms with E-state index in [9.17, 15) is 9.59 Å². The number of anilines is 1. The van der Waals surface area contributed by atoms with Crippen molar-refractivity contribution in [3.63, 3.8) is 0 Å². The number of carbonyl (C=O) groups excluding carboxylic acids is 2. The molecule has 1 aromatic heterocycles. The molecule has 0 radical (unpaired) electrons. The molecule has 1 aliphatic rings. The second kappa shape index (κ2) is 8.86. The summed E-state index contributed by atoms with van der Waals surface area (Å²) in [6.45, 7) is 3.07. The number of hydrogen-bond acceptors (Lipinski definition) is 4. The van der Waals surface area contributed by atoms with E-state index in [1.54, 1.807) is 17.0 Å². The van der Waals surface area contributed by atoms with Crippen molar-refractivity contribution in [3.05, 3.63) is 58.9 Å². The first kappa shape index (κ1) is 19.2. The largest absolute Gasteiger partial charge is 0.445 e. The number of pyridine rings is 1. The van der Waals surface area contributed by atoms with Crippen molar-refractivity contribution in [2.75, 3.05) is 18.4 Å². The van der Waals surface area contributed by atoms with Crippen LogP contribution in [0.1, 0.15) is 24.1 Å². The van der Waals surface area contributed by atoms with Crippen LogP contribution in [0.5, 0.6) is 0 Å². The number of nitrogens with one attached hydrogen (secondary N) is 1. The number of benzene rings is 1. The quantitative estimate of drug-likeness (QED) is 0.804. The normalized spacial score (nSPS) is 14.7. The van der Waals surface area contributed by atoms with Gasteiger partial charge in [0.05, 0.1) is 5.69 Å². The van der Waals surface area contributed by atoms with E-state index in [0.717, 1.165) is 11.3 Å². The third-order valence-electron chi connectivity index (χ3n) is 4.57. The number of rotatable bonds is 4. The zero-order valence-corrected chi connectivity index (χ0v) is 15.9. The highest BCUT2D eigenvalue weighted by molar-refractivity contribution is 6.32. The SMILES string of the molecule is Cc1ccc(NC(=O)C2CCN(C(=O)OCc3ccccc3)CC2)c(Cl)n1. The van der Waals surface area contributed by atoms with Gasteiger partial charge >= 0.3 is 6.09 Å². The number of likely N-dealkylation sites (tertiary alicyclic amines) is 1. The fourth-order valence-electron chi connectivity index (χ4n) is 2.99. The summed E-state index contributed by atoms with van der Waals surface area (Å²) in [5, 5.41) is 3.11. The summed E-state index contributed by atoms with van der Waals surface area (Å²) in [6.07, 6.45) is 0.829. The van der Waals surface area contributed by atoms with Crippen LogP contribution in [0.3, 0.4) is 0 Å². The molecule has 2 heterocycles. The van der Waals surface area contributed by atoms with Gasteiger partial charge in [0.15, 0.2) is 5.15 Å². The lowest BCUT2D eigenvalue weighted by molar-refractivity contribution is -0.121. The molecule has 2 aromatic rings. The highest BCUT2D eigenvalue weighted by atomic mass is 35.5. The van der Waals surface area contributed by atoms with Gasteiger partial charge in [-0.15, -0.1) is 0 Å². The lowest BCUT2D eigenvalue weighted by atomic mass is 9.96. The molecule has 0 unspecified atom stereocenters. The molecule has 142 valence electrons. The number of aryl methyl sites for hydroxylation is 1. The zero-order valence-electron chi connectivity index (χ0n) is 15.2. The molecule has 7 heteroatoms. The number of nitrogens with zero attached hydrogens (tertiary/aromatic N) is 2. The summed E-state index contributed by atoms with van der Waals surface area (Å²) in [4.78, 5) is 30.4. The van der Waals surface area contributed by atoms with Gasteiger partial charge in [0.25, 0.3) is 0 Å². The Bertz CT molecular complexity index is 805. The topological polar surface area (TPSA) is 71.5 Å². The molecule has 1 fully saturated rings. The number of carbonyl (C=O) groups is 2. The summed E-state index contributed by atoms with van der Waals surface area (Å²) in [5.41, 5.74) is 2.25. The molecule has 3 rings (SSSR count). The number of piperidine rings is 1. The second-order valence-electron chi connectivity index (χ2n) is 6.58. The Labute approximate surface area is 163 Å². The summed E-state index contributed by atoms with van der Waals surface area (Å²) in [5.74, 6) is -0.264. The maximum Gasteiger partial charge on any atom is 0.410 e. The number of ether oxygens (including phenoxy) is 1. The Balaban J connectivity index is 1.46. The van der Waals surface area contributed by atoms with Gasteiger partial charge in [0.1, 0.15) is 6.61 Å². The predicted octanol–water partition coefficient (Wildman–Crippen LogP) is 4.03. The summed E-state index contributed by atoms with van der Waals surface area (Å²) >= 11 is 6.07. The first-order valence-electron chi connectivity index (χ1n) is 8.92. The maximum absolute atomic E-state index is 12.5. The highest BCUT2D eigenvalue weighted by Gasteiger charge is 2.28. The Morgan fingerprint density at radius 3 is 2.56 bits per heavy atom. The third kappa shape index (κ3) is 5.20. The lowest BCUT2D eigenvalue weighted by Crippen LogP contribution is -2.41. The summed E-state index contributed by atoms with van der Waals surface area (Å²) in [6, 6.07) is 13.1. The molecule has 0 aliphatic carbocycles. The molecule has 0 spiro atoms. The molecule has 0 bridgehead atoms.